The van der Waals surface area contributed by atoms with E-state index in [0.29, 0.717) is 37.6 Å². The number of amides is 2. The molecule has 32 heavy (non-hydrogen) atoms. The van der Waals surface area contributed by atoms with Crippen LogP contribution in [0.5, 0.6) is 11.5 Å². The SMILES string of the molecule is COc1ccc(S(=O)(=O)N2CCN(C(=O)CCCNC(=O)OC(C)(C)C)CC2)cc1OC. The summed E-state index contributed by atoms with van der Waals surface area (Å²) in [6.45, 7) is 6.70. The molecule has 180 valence electrons. The molecule has 1 aromatic carbocycles. The standard InChI is InChI=1S/C21H33N3O7S/c1-21(2,3)31-20(26)22-10-6-7-19(25)23-11-13-24(14-12-23)32(27,28)16-8-9-17(29-4)18(15-16)30-5/h8-9,15H,6-7,10-14H2,1-5H3,(H,22,26). The van der Waals surface area contributed by atoms with Crippen molar-refractivity contribution < 1.29 is 32.2 Å². The molecule has 0 atom stereocenters. The van der Waals surface area contributed by atoms with E-state index in [1.807, 2.05) is 0 Å². The lowest BCUT2D eigenvalue weighted by atomic mass is 10.2. The van der Waals surface area contributed by atoms with Crippen LogP contribution < -0.4 is 14.8 Å². The Morgan fingerprint density at radius 3 is 2.22 bits per heavy atom. The van der Waals surface area contributed by atoms with Crippen molar-refractivity contribution in [3.63, 3.8) is 0 Å². The molecule has 1 aliphatic heterocycles. The maximum Gasteiger partial charge on any atom is 0.407 e. The molecule has 0 unspecified atom stereocenters. The summed E-state index contributed by atoms with van der Waals surface area (Å²) in [5, 5.41) is 2.62. The first kappa shape index (κ1) is 25.7. The number of piperazine rings is 1. The maximum atomic E-state index is 13.0. The molecular formula is C21H33N3O7S. The van der Waals surface area contributed by atoms with E-state index >= 15 is 0 Å². The van der Waals surface area contributed by atoms with Crippen molar-refractivity contribution in [1.82, 2.24) is 14.5 Å². The van der Waals surface area contributed by atoms with Crippen LogP contribution in [0.2, 0.25) is 0 Å². The molecule has 0 aromatic heterocycles. The molecule has 1 aromatic rings. The lowest BCUT2D eigenvalue weighted by Gasteiger charge is -2.34. The minimum Gasteiger partial charge on any atom is -0.493 e. The molecular weight excluding hydrogens is 438 g/mol. The van der Waals surface area contributed by atoms with Gasteiger partial charge in [0.15, 0.2) is 11.5 Å². The van der Waals surface area contributed by atoms with E-state index in [-0.39, 0.29) is 30.3 Å². The van der Waals surface area contributed by atoms with Gasteiger partial charge in [-0.1, -0.05) is 0 Å². The number of ether oxygens (including phenoxy) is 3. The summed E-state index contributed by atoms with van der Waals surface area (Å²) in [5.74, 6) is 0.713. The number of carbonyl (C=O) groups is 2. The number of hydrogen-bond acceptors (Lipinski definition) is 7. The Morgan fingerprint density at radius 2 is 1.66 bits per heavy atom. The molecule has 1 fully saturated rings. The fourth-order valence-electron chi connectivity index (χ4n) is 3.21. The number of alkyl carbamates (subject to hydrolysis) is 1. The van der Waals surface area contributed by atoms with Crippen molar-refractivity contribution in [3.8, 4) is 11.5 Å². The van der Waals surface area contributed by atoms with Crippen LogP contribution in [-0.4, -0.2) is 82.2 Å². The van der Waals surface area contributed by atoms with Crippen molar-refractivity contribution in [1.29, 1.82) is 0 Å². The van der Waals surface area contributed by atoms with Crippen LogP contribution >= 0.6 is 0 Å². The van der Waals surface area contributed by atoms with E-state index in [1.165, 1.54) is 30.7 Å². The number of sulfonamides is 1. The topological polar surface area (TPSA) is 114 Å². The molecule has 10 nitrogen and oxygen atoms in total. The number of nitrogens with one attached hydrogen (secondary N) is 1. The molecule has 2 rings (SSSR count). The Balaban J connectivity index is 1.83. The molecule has 2 amide bonds. The smallest absolute Gasteiger partial charge is 0.407 e. The van der Waals surface area contributed by atoms with E-state index in [1.54, 1.807) is 31.7 Å². The zero-order chi connectivity index (χ0) is 23.9. The lowest BCUT2D eigenvalue weighted by Crippen LogP contribution is -2.50. The predicted molar refractivity (Wildman–Crippen MR) is 118 cm³/mol. The van der Waals surface area contributed by atoms with Crippen LogP contribution in [0.3, 0.4) is 0 Å². The summed E-state index contributed by atoms with van der Waals surface area (Å²) in [5.41, 5.74) is -0.573. The Morgan fingerprint density at radius 1 is 1.03 bits per heavy atom. The minimum atomic E-state index is -3.72. The molecule has 0 spiro atoms. The number of benzene rings is 1. The first-order chi connectivity index (χ1) is 15.0. The van der Waals surface area contributed by atoms with Crippen LogP contribution in [0.1, 0.15) is 33.6 Å². The van der Waals surface area contributed by atoms with Gasteiger partial charge in [-0.2, -0.15) is 4.31 Å². The zero-order valence-electron chi connectivity index (χ0n) is 19.3. The van der Waals surface area contributed by atoms with Gasteiger partial charge < -0.3 is 24.4 Å². The third-order valence-electron chi connectivity index (χ3n) is 4.82. The largest absolute Gasteiger partial charge is 0.493 e. The second kappa shape index (κ2) is 10.9. The number of methoxy groups -OCH3 is 2. The first-order valence-corrected chi connectivity index (χ1v) is 11.9. The van der Waals surface area contributed by atoms with Crippen LogP contribution in [0.4, 0.5) is 4.79 Å². The molecule has 1 aliphatic rings. The summed E-state index contributed by atoms with van der Waals surface area (Å²) in [7, 11) is -0.788. The second-order valence-corrected chi connectivity index (χ2v) is 10.3. The van der Waals surface area contributed by atoms with E-state index in [0.717, 1.165) is 0 Å². The van der Waals surface area contributed by atoms with Gasteiger partial charge in [0, 0.05) is 45.2 Å². The number of hydrogen-bond donors (Lipinski definition) is 1. The van der Waals surface area contributed by atoms with E-state index in [9.17, 15) is 18.0 Å². The van der Waals surface area contributed by atoms with Crippen LogP contribution in [0, 0.1) is 0 Å². The van der Waals surface area contributed by atoms with Gasteiger partial charge in [-0.15, -0.1) is 0 Å². The normalized spacial score (nSPS) is 15.2. The van der Waals surface area contributed by atoms with Gasteiger partial charge in [-0.3, -0.25) is 4.79 Å². The average molecular weight is 472 g/mol. The average Bonchev–Trinajstić information content (AvgIpc) is 2.74. The Labute approximate surface area is 189 Å². The highest BCUT2D eigenvalue weighted by atomic mass is 32.2. The summed E-state index contributed by atoms with van der Waals surface area (Å²) >= 11 is 0. The van der Waals surface area contributed by atoms with Gasteiger partial charge >= 0.3 is 6.09 Å². The first-order valence-electron chi connectivity index (χ1n) is 10.4. The second-order valence-electron chi connectivity index (χ2n) is 8.33. The molecule has 1 N–H and O–H groups in total. The van der Waals surface area contributed by atoms with E-state index in [2.05, 4.69) is 5.32 Å². The van der Waals surface area contributed by atoms with E-state index < -0.39 is 21.7 Å². The van der Waals surface area contributed by atoms with Gasteiger partial charge in [0.2, 0.25) is 15.9 Å². The van der Waals surface area contributed by atoms with Crippen molar-refractivity contribution in [2.75, 3.05) is 46.9 Å². The third-order valence-corrected chi connectivity index (χ3v) is 6.71. The summed E-state index contributed by atoms with van der Waals surface area (Å²) < 4.78 is 42.8. The van der Waals surface area contributed by atoms with Crippen molar-refractivity contribution in [2.45, 2.75) is 44.1 Å². The van der Waals surface area contributed by atoms with Crippen molar-refractivity contribution in [3.05, 3.63) is 18.2 Å². The highest BCUT2D eigenvalue weighted by molar-refractivity contribution is 7.89. The fraction of sp³-hybridized carbons (Fsp3) is 0.619. The van der Waals surface area contributed by atoms with Gasteiger partial charge in [0.25, 0.3) is 0 Å². The Bertz CT molecular complexity index is 904. The summed E-state index contributed by atoms with van der Waals surface area (Å²) in [6, 6.07) is 4.46. The van der Waals surface area contributed by atoms with Gasteiger partial charge in [-0.05, 0) is 39.3 Å². The number of rotatable bonds is 8. The van der Waals surface area contributed by atoms with Gasteiger partial charge in [0.1, 0.15) is 5.60 Å². The number of nitrogens with zero attached hydrogens (tertiary/aromatic N) is 2. The molecule has 0 aliphatic carbocycles. The summed E-state index contributed by atoms with van der Waals surface area (Å²) in [4.78, 5) is 25.8. The predicted octanol–water partition coefficient (Wildman–Crippen LogP) is 1.84. The highest BCUT2D eigenvalue weighted by Crippen LogP contribution is 2.30. The molecule has 11 heteroatoms. The molecule has 1 heterocycles. The Kier molecular flexibility index (Phi) is 8.73. The van der Waals surface area contributed by atoms with Crippen molar-refractivity contribution in [2.24, 2.45) is 0 Å². The molecule has 0 radical (unpaired) electrons. The Hall–Kier alpha value is -2.53. The lowest BCUT2D eigenvalue weighted by molar-refractivity contribution is -0.132. The molecule has 0 bridgehead atoms. The monoisotopic (exact) mass is 471 g/mol. The van der Waals surface area contributed by atoms with Gasteiger partial charge in [-0.25, -0.2) is 13.2 Å². The quantitative estimate of drug-likeness (QED) is 0.576. The van der Waals surface area contributed by atoms with E-state index in [4.69, 9.17) is 14.2 Å². The van der Waals surface area contributed by atoms with Crippen LogP contribution in [0.25, 0.3) is 0 Å². The zero-order valence-corrected chi connectivity index (χ0v) is 20.2. The fourth-order valence-corrected chi connectivity index (χ4v) is 4.64. The van der Waals surface area contributed by atoms with Crippen molar-refractivity contribution >= 4 is 22.0 Å². The van der Waals surface area contributed by atoms with Crippen LogP contribution in [0.15, 0.2) is 23.1 Å². The highest BCUT2D eigenvalue weighted by Gasteiger charge is 2.30. The minimum absolute atomic E-state index is 0.0702. The molecule has 1 saturated heterocycles. The third kappa shape index (κ3) is 6.99. The summed E-state index contributed by atoms with van der Waals surface area (Å²) in [6.07, 6.45) is 0.222. The maximum absolute atomic E-state index is 13.0. The molecule has 0 saturated carbocycles. The van der Waals surface area contributed by atoms with Crippen LogP contribution in [-0.2, 0) is 19.6 Å². The number of carbonyl (C=O) groups excluding carboxylic acids is 2. The van der Waals surface area contributed by atoms with Gasteiger partial charge in [0.05, 0.1) is 19.1 Å².